The number of rotatable bonds is 8. The SMILES string of the molecule is CCNc1cc(SCCCOC)nc(-c2ccccc2)n1. The topological polar surface area (TPSA) is 47.0 Å². The van der Waals surface area contributed by atoms with Gasteiger partial charge >= 0.3 is 0 Å². The summed E-state index contributed by atoms with van der Waals surface area (Å²) in [6.07, 6.45) is 1.02. The fourth-order valence-corrected chi connectivity index (χ4v) is 2.68. The van der Waals surface area contributed by atoms with Crippen molar-refractivity contribution in [2.45, 2.75) is 18.4 Å². The highest BCUT2D eigenvalue weighted by Gasteiger charge is 2.07. The lowest BCUT2D eigenvalue weighted by Crippen LogP contribution is -2.02. The fraction of sp³-hybridized carbons (Fsp3) is 0.375. The van der Waals surface area contributed by atoms with Gasteiger partial charge in [0.25, 0.3) is 0 Å². The van der Waals surface area contributed by atoms with Crippen molar-refractivity contribution in [2.75, 3.05) is 31.3 Å². The summed E-state index contributed by atoms with van der Waals surface area (Å²) < 4.78 is 5.08. The number of hydrogen-bond acceptors (Lipinski definition) is 5. The monoisotopic (exact) mass is 303 g/mol. The molecule has 112 valence electrons. The van der Waals surface area contributed by atoms with Crippen LogP contribution in [0.2, 0.25) is 0 Å². The molecule has 1 aromatic carbocycles. The van der Waals surface area contributed by atoms with Crippen molar-refractivity contribution in [3.8, 4) is 11.4 Å². The molecule has 1 heterocycles. The van der Waals surface area contributed by atoms with Gasteiger partial charge < -0.3 is 10.1 Å². The molecule has 0 aliphatic heterocycles. The van der Waals surface area contributed by atoms with Crippen LogP contribution in [0.3, 0.4) is 0 Å². The van der Waals surface area contributed by atoms with E-state index in [-0.39, 0.29) is 0 Å². The molecule has 0 aliphatic carbocycles. The van der Waals surface area contributed by atoms with E-state index in [4.69, 9.17) is 4.74 Å². The van der Waals surface area contributed by atoms with E-state index in [1.807, 2.05) is 36.4 Å². The van der Waals surface area contributed by atoms with Crippen molar-refractivity contribution in [2.24, 2.45) is 0 Å². The van der Waals surface area contributed by atoms with Gasteiger partial charge in [-0.25, -0.2) is 9.97 Å². The minimum atomic E-state index is 0.767. The maximum Gasteiger partial charge on any atom is 0.162 e. The zero-order valence-electron chi connectivity index (χ0n) is 12.5. The first-order valence-electron chi connectivity index (χ1n) is 7.13. The second-order valence-electron chi connectivity index (χ2n) is 4.51. The van der Waals surface area contributed by atoms with Crippen molar-refractivity contribution in [3.05, 3.63) is 36.4 Å². The number of thioether (sulfide) groups is 1. The van der Waals surface area contributed by atoms with E-state index in [1.165, 1.54) is 0 Å². The largest absolute Gasteiger partial charge is 0.385 e. The van der Waals surface area contributed by atoms with Crippen molar-refractivity contribution in [1.29, 1.82) is 0 Å². The highest BCUT2D eigenvalue weighted by molar-refractivity contribution is 7.99. The number of nitrogens with zero attached hydrogens (tertiary/aromatic N) is 2. The van der Waals surface area contributed by atoms with E-state index in [0.717, 1.165) is 47.6 Å². The van der Waals surface area contributed by atoms with Gasteiger partial charge in [0.2, 0.25) is 0 Å². The quantitative estimate of drug-likeness (QED) is 0.458. The Morgan fingerprint density at radius 1 is 1.19 bits per heavy atom. The minimum Gasteiger partial charge on any atom is -0.385 e. The number of benzene rings is 1. The summed E-state index contributed by atoms with van der Waals surface area (Å²) in [4.78, 5) is 9.23. The van der Waals surface area contributed by atoms with Crippen molar-refractivity contribution in [3.63, 3.8) is 0 Å². The molecule has 0 saturated heterocycles. The van der Waals surface area contributed by atoms with Crippen LogP contribution in [0.1, 0.15) is 13.3 Å². The third-order valence-electron chi connectivity index (χ3n) is 2.84. The van der Waals surface area contributed by atoms with Crippen LogP contribution in [-0.2, 0) is 4.74 Å². The normalized spacial score (nSPS) is 10.6. The molecule has 4 nitrogen and oxygen atoms in total. The molecule has 0 bridgehead atoms. The second kappa shape index (κ2) is 8.64. The maximum atomic E-state index is 5.08. The molecule has 21 heavy (non-hydrogen) atoms. The summed E-state index contributed by atoms with van der Waals surface area (Å²) in [7, 11) is 1.73. The Morgan fingerprint density at radius 2 is 2.00 bits per heavy atom. The van der Waals surface area contributed by atoms with Gasteiger partial charge in [0.15, 0.2) is 5.82 Å². The lowest BCUT2D eigenvalue weighted by Gasteiger charge is -2.09. The highest BCUT2D eigenvalue weighted by atomic mass is 32.2. The Bertz CT molecular complexity index is 548. The number of nitrogens with one attached hydrogen (secondary N) is 1. The summed E-state index contributed by atoms with van der Waals surface area (Å²) in [6, 6.07) is 12.1. The standard InChI is InChI=1S/C16H21N3OS/c1-3-17-14-12-15(21-11-7-10-20-2)19-16(18-14)13-8-5-4-6-9-13/h4-6,8-9,12H,3,7,10-11H2,1-2H3,(H,17,18,19). The Kier molecular flexibility index (Phi) is 6.50. The third kappa shape index (κ3) is 5.02. The van der Waals surface area contributed by atoms with Crippen molar-refractivity contribution < 1.29 is 4.74 Å². The Balaban J connectivity index is 2.18. The van der Waals surface area contributed by atoms with Crippen LogP contribution in [0.5, 0.6) is 0 Å². The van der Waals surface area contributed by atoms with Crippen LogP contribution in [0.15, 0.2) is 41.4 Å². The number of ether oxygens (including phenoxy) is 1. The molecule has 0 fully saturated rings. The van der Waals surface area contributed by atoms with Gasteiger partial charge in [-0.2, -0.15) is 0 Å². The Hall–Kier alpha value is -1.59. The first-order valence-corrected chi connectivity index (χ1v) is 8.12. The molecule has 1 aromatic heterocycles. The van der Waals surface area contributed by atoms with Crippen LogP contribution >= 0.6 is 11.8 Å². The molecule has 2 rings (SSSR count). The van der Waals surface area contributed by atoms with Crippen LogP contribution in [0.25, 0.3) is 11.4 Å². The minimum absolute atomic E-state index is 0.767. The van der Waals surface area contributed by atoms with Crippen LogP contribution in [0, 0.1) is 0 Å². The second-order valence-corrected chi connectivity index (χ2v) is 5.62. The van der Waals surface area contributed by atoms with Crippen LogP contribution < -0.4 is 5.32 Å². The molecule has 0 aliphatic rings. The van der Waals surface area contributed by atoms with Gasteiger partial charge in [-0.1, -0.05) is 30.3 Å². The van der Waals surface area contributed by atoms with E-state index in [1.54, 1.807) is 18.9 Å². The summed E-state index contributed by atoms with van der Waals surface area (Å²) in [6.45, 7) is 3.69. The molecule has 1 N–H and O–H groups in total. The summed E-state index contributed by atoms with van der Waals surface area (Å²) >= 11 is 1.74. The molecule has 5 heteroatoms. The maximum absolute atomic E-state index is 5.08. The van der Waals surface area contributed by atoms with Crippen LogP contribution in [-0.4, -0.2) is 36.0 Å². The highest BCUT2D eigenvalue weighted by Crippen LogP contribution is 2.24. The van der Waals surface area contributed by atoms with E-state index in [9.17, 15) is 0 Å². The van der Waals surface area contributed by atoms with E-state index in [0.29, 0.717) is 0 Å². The number of anilines is 1. The molecule has 0 unspecified atom stereocenters. The van der Waals surface area contributed by atoms with Gasteiger partial charge in [0, 0.05) is 37.6 Å². The van der Waals surface area contributed by atoms with Crippen LogP contribution in [0.4, 0.5) is 5.82 Å². The number of aromatic nitrogens is 2. The predicted octanol–water partition coefficient (Wildman–Crippen LogP) is 3.70. The summed E-state index contributed by atoms with van der Waals surface area (Å²) in [5, 5.41) is 4.27. The smallest absolute Gasteiger partial charge is 0.162 e. The Morgan fingerprint density at radius 3 is 2.71 bits per heavy atom. The average molecular weight is 303 g/mol. The van der Waals surface area contributed by atoms with Crippen molar-refractivity contribution >= 4 is 17.6 Å². The number of methoxy groups -OCH3 is 1. The van der Waals surface area contributed by atoms with E-state index < -0.39 is 0 Å². The predicted molar refractivity (Wildman–Crippen MR) is 88.8 cm³/mol. The third-order valence-corrected chi connectivity index (χ3v) is 3.83. The lowest BCUT2D eigenvalue weighted by atomic mass is 10.2. The Labute approximate surface area is 130 Å². The van der Waals surface area contributed by atoms with E-state index in [2.05, 4.69) is 22.2 Å². The fourth-order valence-electron chi connectivity index (χ4n) is 1.87. The molecular formula is C16H21N3OS. The molecule has 0 amide bonds. The molecule has 2 aromatic rings. The average Bonchev–Trinajstić information content (AvgIpc) is 2.53. The summed E-state index contributed by atoms with van der Waals surface area (Å²) in [5.74, 6) is 2.63. The van der Waals surface area contributed by atoms with Gasteiger partial charge in [-0.15, -0.1) is 11.8 Å². The van der Waals surface area contributed by atoms with E-state index >= 15 is 0 Å². The molecule has 0 radical (unpaired) electrons. The molecule has 0 spiro atoms. The molecule has 0 atom stereocenters. The summed E-state index contributed by atoms with van der Waals surface area (Å²) in [5.41, 5.74) is 1.04. The zero-order chi connectivity index (χ0) is 14.9. The van der Waals surface area contributed by atoms with Gasteiger partial charge in [-0.3, -0.25) is 0 Å². The zero-order valence-corrected chi connectivity index (χ0v) is 13.3. The number of hydrogen-bond donors (Lipinski definition) is 1. The first kappa shape index (κ1) is 15.8. The van der Waals surface area contributed by atoms with Gasteiger partial charge in [0.05, 0.1) is 0 Å². The molecular weight excluding hydrogens is 282 g/mol. The van der Waals surface area contributed by atoms with Crippen molar-refractivity contribution in [1.82, 2.24) is 9.97 Å². The molecule has 0 saturated carbocycles. The van der Waals surface area contributed by atoms with Gasteiger partial charge in [-0.05, 0) is 13.3 Å². The lowest BCUT2D eigenvalue weighted by molar-refractivity contribution is 0.200. The first-order chi connectivity index (χ1) is 10.3. The van der Waals surface area contributed by atoms with Gasteiger partial charge in [0.1, 0.15) is 10.8 Å².